The van der Waals surface area contributed by atoms with Crippen molar-refractivity contribution in [3.8, 4) is 16.2 Å². The van der Waals surface area contributed by atoms with Crippen LogP contribution in [0.2, 0.25) is 0 Å². The van der Waals surface area contributed by atoms with Gasteiger partial charge in [0, 0.05) is 11.3 Å². The first-order chi connectivity index (χ1) is 17.0. The number of halogens is 4. The van der Waals surface area contributed by atoms with Crippen LogP contribution in [0.15, 0.2) is 53.0 Å². The van der Waals surface area contributed by atoms with Crippen molar-refractivity contribution in [2.75, 3.05) is 0 Å². The Hall–Kier alpha value is -2.65. The number of aryl methyl sites for hydroxylation is 1. The first-order valence-corrected chi connectivity index (χ1v) is 13.1. The van der Waals surface area contributed by atoms with E-state index in [0.29, 0.717) is 32.6 Å². The number of benzene rings is 2. The second kappa shape index (κ2) is 10.6. The lowest BCUT2D eigenvalue weighted by molar-refractivity contribution is -0.320. The van der Waals surface area contributed by atoms with Crippen molar-refractivity contribution in [3.63, 3.8) is 0 Å². The molecule has 198 valence electrons. The predicted molar refractivity (Wildman–Crippen MR) is 140 cm³/mol. The Labute approximate surface area is 226 Å². The summed E-state index contributed by atoms with van der Waals surface area (Å²) in [6, 6.07) is 12.4. The highest BCUT2D eigenvalue weighted by molar-refractivity contribution is 9.10. The average Bonchev–Trinajstić information content (AvgIpc) is 3.27. The van der Waals surface area contributed by atoms with Crippen LogP contribution in [0.25, 0.3) is 10.4 Å². The molecular formula is C28H27BrF3O4S-. The number of carboxylic acids is 1. The third kappa shape index (κ3) is 7.02. The van der Waals surface area contributed by atoms with Crippen molar-refractivity contribution in [1.82, 2.24) is 0 Å². The Morgan fingerprint density at radius 1 is 0.973 bits per heavy atom. The lowest BCUT2D eigenvalue weighted by Gasteiger charge is -2.28. The van der Waals surface area contributed by atoms with Gasteiger partial charge in [-0.3, -0.25) is 4.79 Å². The maximum atomic E-state index is 13.3. The summed E-state index contributed by atoms with van der Waals surface area (Å²) in [5, 5.41) is 11.2. The van der Waals surface area contributed by atoms with E-state index >= 15 is 0 Å². The molecule has 0 aliphatic carbocycles. The molecule has 1 heterocycles. The van der Waals surface area contributed by atoms with Gasteiger partial charge in [0.2, 0.25) is 0 Å². The van der Waals surface area contributed by atoms with Crippen molar-refractivity contribution in [3.05, 3.63) is 74.6 Å². The zero-order valence-corrected chi connectivity index (χ0v) is 23.5. The Morgan fingerprint density at radius 2 is 1.65 bits per heavy atom. The van der Waals surface area contributed by atoms with Crippen LogP contribution < -0.4 is 9.84 Å². The minimum atomic E-state index is -4.43. The number of ether oxygens (including phenoxy) is 1. The normalized spacial score (nSPS) is 12.5. The van der Waals surface area contributed by atoms with E-state index in [1.165, 1.54) is 37.3 Å². The highest BCUT2D eigenvalue weighted by Crippen LogP contribution is 2.40. The molecule has 0 fully saturated rings. The van der Waals surface area contributed by atoms with Crippen LogP contribution in [0.5, 0.6) is 5.75 Å². The minimum Gasteiger partial charge on any atom is -0.546 e. The predicted octanol–water partition coefficient (Wildman–Crippen LogP) is 7.22. The molecule has 0 N–H and O–H groups in total. The number of ketones is 1. The van der Waals surface area contributed by atoms with Gasteiger partial charge in [-0.05, 0) is 94.7 Å². The molecule has 3 aromatic rings. The standard InChI is InChI=1S/C28H28BrF3O4S/c1-26(2,3)19-15-17(28(30,31)32)8-9-18(19)23-12-13-24(37-23)21(33)10-6-16-7-11-22(20(29)14-16)36-27(4,5)25(34)35/h7-9,11-15H,6,10H2,1-5H3,(H,34,35)/p-1. The van der Waals surface area contributed by atoms with E-state index in [-0.39, 0.29) is 12.2 Å². The number of carboxylic acid groups (broad SMARTS) is 1. The van der Waals surface area contributed by atoms with E-state index in [4.69, 9.17) is 4.74 Å². The number of rotatable bonds is 8. The number of carbonyl (C=O) groups excluding carboxylic acids is 2. The lowest BCUT2D eigenvalue weighted by atomic mass is 9.82. The zero-order chi connectivity index (χ0) is 27.8. The summed E-state index contributed by atoms with van der Waals surface area (Å²) >= 11 is 4.64. The quantitative estimate of drug-likeness (QED) is 0.258. The maximum Gasteiger partial charge on any atom is 0.416 e. The summed E-state index contributed by atoms with van der Waals surface area (Å²) in [6.07, 6.45) is -3.75. The molecule has 0 radical (unpaired) electrons. The summed E-state index contributed by atoms with van der Waals surface area (Å²) in [4.78, 5) is 25.4. The van der Waals surface area contributed by atoms with Crippen LogP contribution in [0.3, 0.4) is 0 Å². The fourth-order valence-electron chi connectivity index (χ4n) is 3.67. The molecule has 0 unspecified atom stereocenters. The SMILES string of the molecule is CC(C)(Oc1ccc(CCC(=O)c2ccc(-c3ccc(C(F)(F)F)cc3C(C)(C)C)s2)cc1Br)C(=O)[O-]. The van der Waals surface area contributed by atoms with Gasteiger partial charge < -0.3 is 14.6 Å². The highest BCUT2D eigenvalue weighted by Gasteiger charge is 2.33. The fourth-order valence-corrected chi connectivity index (χ4v) is 5.19. The molecule has 4 nitrogen and oxygen atoms in total. The van der Waals surface area contributed by atoms with Crippen molar-refractivity contribution in [2.45, 2.75) is 64.7 Å². The van der Waals surface area contributed by atoms with Gasteiger partial charge in [-0.25, -0.2) is 0 Å². The molecule has 0 spiro atoms. The van der Waals surface area contributed by atoms with Gasteiger partial charge in [-0.1, -0.05) is 32.9 Å². The van der Waals surface area contributed by atoms with Crippen molar-refractivity contribution in [1.29, 1.82) is 0 Å². The number of hydrogen-bond donors (Lipinski definition) is 0. The van der Waals surface area contributed by atoms with Crippen molar-refractivity contribution < 1.29 is 32.6 Å². The molecule has 0 bridgehead atoms. The van der Waals surface area contributed by atoms with E-state index in [9.17, 15) is 27.9 Å². The molecule has 0 saturated carbocycles. The van der Waals surface area contributed by atoms with E-state index in [1.54, 1.807) is 30.3 Å². The van der Waals surface area contributed by atoms with Gasteiger partial charge >= 0.3 is 6.18 Å². The van der Waals surface area contributed by atoms with Crippen LogP contribution in [-0.4, -0.2) is 17.4 Å². The third-order valence-electron chi connectivity index (χ3n) is 5.79. The van der Waals surface area contributed by atoms with Gasteiger partial charge in [-0.2, -0.15) is 13.2 Å². The topological polar surface area (TPSA) is 66.4 Å². The number of hydrogen-bond acceptors (Lipinski definition) is 5. The van der Waals surface area contributed by atoms with Gasteiger partial charge in [0.25, 0.3) is 0 Å². The van der Waals surface area contributed by atoms with Gasteiger partial charge in [0.15, 0.2) is 5.78 Å². The van der Waals surface area contributed by atoms with E-state index < -0.39 is 28.7 Å². The number of Topliss-reactive ketones (excluding diaryl/α,β-unsaturated/α-hetero) is 1. The smallest absolute Gasteiger partial charge is 0.416 e. The van der Waals surface area contributed by atoms with Crippen LogP contribution >= 0.6 is 27.3 Å². The van der Waals surface area contributed by atoms with Gasteiger partial charge in [0.1, 0.15) is 11.4 Å². The molecule has 0 aliphatic rings. The maximum absolute atomic E-state index is 13.3. The summed E-state index contributed by atoms with van der Waals surface area (Å²) in [5.41, 5.74) is -0.616. The van der Waals surface area contributed by atoms with E-state index in [1.807, 2.05) is 20.8 Å². The number of alkyl halides is 3. The molecule has 2 aromatic carbocycles. The monoisotopic (exact) mass is 595 g/mol. The summed E-state index contributed by atoms with van der Waals surface area (Å²) < 4.78 is 46.0. The Balaban J connectivity index is 1.75. The van der Waals surface area contributed by atoms with Crippen LogP contribution in [0.1, 0.15) is 67.4 Å². The Kier molecular flexibility index (Phi) is 8.29. The minimum absolute atomic E-state index is 0.0741. The van der Waals surface area contributed by atoms with Crippen LogP contribution in [0.4, 0.5) is 13.2 Å². The van der Waals surface area contributed by atoms with Crippen LogP contribution in [0, 0.1) is 0 Å². The number of aliphatic carboxylic acids is 1. The van der Waals surface area contributed by atoms with Crippen LogP contribution in [-0.2, 0) is 22.8 Å². The average molecular weight is 596 g/mol. The first kappa shape index (κ1) is 28.9. The number of carbonyl (C=O) groups is 2. The lowest BCUT2D eigenvalue weighted by Crippen LogP contribution is -2.48. The fraction of sp³-hybridized carbons (Fsp3) is 0.357. The molecule has 0 amide bonds. The summed E-state index contributed by atoms with van der Waals surface area (Å²) in [5.74, 6) is -1.07. The van der Waals surface area contributed by atoms with E-state index in [2.05, 4.69) is 15.9 Å². The van der Waals surface area contributed by atoms with Crippen molar-refractivity contribution >= 4 is 39.0 Å². The van der Waals surface area contributed by atoms with E-state index in [0.717, 1.165) is 16.5 Å². The molecule has 0 aliphatic heterocycles. The summed E-state index contributed by atoms with van der Waals surface area (Å²) in [6.45, 7) is 8.37. The van der Waals surface area contributed by atoms with Gasteiger partial charge in [-0.15, -0.1) is 11.3 Å². The molecular weight excluding hydrogens is 569 g/mol. The molecule has 3 rings (SSSR count). The number of thiophene rings is 1. The molecule has 9 heteroatoms. The first-order valence-electron chi connectivity index (χ1n) is 11.5. The molecule has 37 heavy (non-hydrogen) atoms. The Morgan fingerprint density at radius 3 is 2.22 bits per heavy atom. The van der Waals surface area contributed by atoms with Gasteiger partial charge in [0.05, 0.1) is 20.9 Å². The molecule has 0 atom stereocenters. The second-order valence-electron chi connectivity index (χ2n) is 10.3. The molecule has 1 aromatic heterocycles. The summed E-state index contributed by atoms with van der Waals surface area (Å²) in [7, 11) is 0. The van der Waals surface area contributed by atoms with Crippen molar-refractivity contribution in [2.24, 2.45) is 0 Å². The molecule has 0 saturated heterocycles. The zero-order valence-electron chi connectivity index (χ0n) is 21.1. The second-order valence-corrected chi connectivity index (χ2v) is 12.2. The largest absolute Gasteiger partial charge is 0.546 e. The third-order valence-corrected chi connectivity index (χ3v) is 7.57. The highest BCUT2D eigenvalue weighted by atomic mass is 79.9. The Bertz CT molecular complexity index is 1320.